The van der Waals surface area contributed by atoms with E-state index in [9.17, 15) is 0 Å². The van der Waals surface area contributed by atoms with E-state index >= 15 is 0 Å². The second-order valence-electron chi connectivity index (χ2n) is 11.6. The van der Waals surface area contributed by atoms with Gasteiger partial charge in [-0.15, -0.1) is 11.6 Å². The SMILES string of the molecule is CCCOc1c(CCl)cccc1Cc1cccc(Cc2ccc3nc4cccc(OCCC)c4cc3c2OCCC)c1OCCC. The summed E-state index contributed by atoms with van der Waals surface area (Å²) in [6.07, 6.45) is 5.05. The quantitative estimate of drug-likeness (QED) is 0.0748. The average Bonchev–Trinajstić information content (AvgIpc) is 3.08. The summed E-state index contributed by atoms with van der Waals surface area (Å²) in [5.41, 5.74) is 7.30. The Morgan fingerprint density at radius 1 is 0.500 bits per heavy atom. The third-order valence-corrected chi connectivity index (χ3v) is 8.19. The fourth-order valence-electron chi connectivity index (χ4n) is 5.76. The Kier molecular flexibility index (Phi) is 12.0. The highest BCUT2D eigenvalue weighted by molar-refractivity contribution is 6.17. The molecule has 0 aliphatic heterocycles. The summed E-state index contributed by atoms with van der Waals surface area (Å²) in [5, 5.41) is 1.99. The van der Waals surface area contributed by atoms with Crippen LogP contribution in [0.1, 0.15) is 81.2 Å². The van der Waals surface area contributed by atoms with E-state index < -0.39 is 0 Å². The molecule has 242 valence electrons. The van der Waals surface area contributed by atoms with Crippen molar-refractivity contribution in [3.05, 3.63) is 101 Å². The van der Waals surface area contributed by atoms with Crippen LogP contribution < -0.4 is 18.9 Å². The largest absolute Gasteiger partial charge is 0.493 e. The van der Waals surface area contributed by atoms with Gasteiger partial charge in [-0.05, 0) is 72.2 Å². The number of hydrogen-bond donors (Lipinski definition) is 0. The molecular formula is C40H46ClNO4. The first-order chi connectivity index (χ1) is 22.6. The third-order valence-electron chi connectivity index (χ3n) is 7.90. The van der Waals surface area contributed by atoms with Crippen molar-refractivity contribution in [1.29, 1.82) is 0 Å². The number of benzene rings is 4. The molecule has 0 spiro atoms. The molecule has 0 bridgehead atoms. The van der Waals surface area contributed by atoms with Gasteiger partial charge in [0.15, 0.2) is 0 Å². The third kappa shape index (κ3) is 7.70. The van der Waals surface area contributed by atoms with Crippen molar-refractivity contribution >= 4 is 33.4 Å². The Morgan fingerprint density at radius 3 is 1.57 bits per heavy atom. The van der Waals surface area contributed by atoms with Crippen LogP contribution in [0.2, 0.25) is 0 Å². The van der Waals surface area contributed by atoms with Gasteiger partial charge in [0.2, 0.25) is 0 Å². The van der Waals surface area contributed by atoms with Crippen molar-refractivity contribution in [3.8, 4) is 23.0 Å². The predicted octanol–water partition coefficient (Wildman–Crippen LogP) is 10.5. The fourth-order valence-corrected chi connectivity index (χ4v) is 5.97. The highest BCUT2D eigenvalue weighted by Gasteiger charge is 2.19. The minimum atomic E-state index is 0.408. The van der Waals surface area contributed by atoms with E-state index in [0.717, 1.165) is 98.3 Å². The summed E-state index contributed by atoms with van der Waals surface area (Å²) in [6, 6.07) is 25.2. The minimum Gasteiger partial charge on any atom is -0.493 e. The van der Waals surface area contributed by atoms with Crippen molar-refractivity contribution in [2.45, 2.75) is 72.1 Å². The van der Waals surface area contributed by atoms with Crippen LogP contribution in [-0.4, -0.2) is 31.4 Å². The standard InChI is InChI=1S/C40H46ClNO4/c1-5-20-43-37-17-11-16-35-33(37)26-34-36(42-35)19-18-31(40(34)46-23-8-4)25-29-13-9-12-28(38(29)44-21-6-2)24-30-14-10-15-32(27-41)39(30)45-22-7-3/h9-19,26H,5-8,20-25,27H2,1-4H3. The van der Waals surface area contributed by atoms with Crippen LogP contribution >= 0.6 is 11.6 Å². The predicted molar refractivity (Wildman–Crippen MR) is 190 cm³/mol. The zero-order chi connectivity index (χ0) is 32.3. The molecule has 5 rings (SSSR count). The Labute approximate surface area is 278 Å². The van der Waals surface area contributed by atoms with Gasteiger partial charge in [0, 0.05) is 29.2 Å². The van der Waals surface area contributed by atoms with E-state index in [1.807, 2.05) is 24.3 Å². The molecule has 1 aromatic heterocycles. The van der Waals surface area contributed by atoms with Gasteiger partial charge in [0.1, 0.15) is 23.0 Å². The van der Waals surface area contributed by atoms with E-state index in [1.165, 1.54) is 0 Å². The van der Waals surface area contributed by atoms with Gasteiger partial charge in [-0.2, -0.15) is 0 Å². The lowest BCUT2D eigenvalue weighted by molar-refractivity contribution is 0.308. The number of nitrogens with zero attached hydrogens (tertiary/aromatic N) is 1. The summed E-state index contributed by atoms with van der Waals surface area (Å²) in [5.74, 6) is 3.94. The number of alkyl halides is 1. The van der Waals surface area contributed by atoms with Crippen molar-refractivity contribution in [1.82, 2.24) is 4.98 Å². The fraction of sp³-hybridized carbons (Fsp3) is 0.375. The van der Waals surface area contributed by atoms with E-state index in [-0.39, 0.29) is 0 Å². The number of hydrogen-bond acceptors (Lipinski definition) is 5. The maximum Gasteiger partial charge on any atom is 0.132 e. The van der Waals surface area contributed by atoms with Crippen LogP contribution in [-0.2, 0) is 18.7 Å². The number of pyridine rings is 1. The average molecular weight is 640 g/mol. The molecule has 0 saturated heterocycles. The highest BCUT2D eigenvalue weighted by atomic mass is 35.5. The molecule has 0 atom stereocenters. The van der Waals surface area contributed by atoms with Crippen molar-refractivity contribution in [2.24, 2.45) is 0 Å². The van der Waals surface area contributed by atoms with Crippen molar-refractivity contribution < 1.29 is 18.9 Å². The van der Waals surface area contributed by atoms with E-state index in [2.05, 4.69) is 76.2 Å². The summed E-state index contributed by atoms with van der Waals surface area (Å²) < 4.78 is 25.4. The van der Waals surface area contributed by atoms with Crippen molar-refractivity contribution in [3.63, 3.8) is 0 Å². The first kappa shape index (κ1) is 33.4. The number of aromatic nitrogens is 1. The molecule has 0 saturated carbocycles. The molecule has 0 fully saturated rings. The molecule has 4 aromatic carbocycles. The summed E-state index contributed by atoms with van der Waals surface area (Å²) in [6.45, 7) is 11.1. The van der Waals surface area contributed by atoms with E-state index in [1.54, 1.807) is 0 Å². The monoisotopic (exact) mass is 639 g/mol. The van der Waals surface area contributed by atoms with Crippen LogP contribution in [0, 0.1) is 0 Å². The molecule has 6 heteroatoms. The first-order valence-electron chi connectivity index (χ1n) is 16.8. The minimum absolute atomic E-state index is 0.408. The zero-order valence-electron chi connectivity index (χ0n) is 27.7. The lowest BCUT2D eigenvalue weighted by atomic mass is 9.95. The molecule has 0 unspecified atom stereocenters. The summed E-state index contributed by atoms with van der Waals surface area (Å²) in [4.78, 5) is 5.02. The van der Waals surface area contributed by atoms with Gasteiger partial charge in [-0.1, -0.05) is 76.2 Å². The molecule has 0 aliphatic carbocycles. The van der Waals surface area contributed by atoms with Gasteiger partial charge < -0.3 is 18.9 Å². The highest BCUT2D eigenvalue weighted by Crippen LogP contribution is 2.38. The molecule has 0 amide bonds. The van der Waals surface area contributed by atoms with Crippen LogP contribution in [0.5, 0.6) is 23.0 Å². The Balaban J connectivity index is 1.59. The first-order valence-corrected chi connectivity index (χ1v) is 17.3. The number of ether oxygens (including phenoxy) is 4. The van der Waals surface area contributed by atoms with E-state index in [4.69, 9.17) is 35.5 Å². The summed E-state index contributed by atoms with van der Waals surface area (Å²) >= 11 is 6.33. The van der Waals surface area contributed by atoms with Crippen molar-refractivity contribution in [2.75, 3.05) is 26.4 Å². The topological polar surface area (TPSA) is 49.8 Å². The van der Waals surface area contributed by atoms with Crippen LogP contribution in [0.4, 0.5) is 0 Å². The molecule has 0 radical (unpaired) electrons. The van der Waals surface area contributed by atoms with Gasteiger partial charge in [-0.25, -0.2) is 4.98 Å². The molecule has 0 N–H and O–H groups in total. The normalized spacial score (nSPS) is 11.2. The Morgan fingerprint density at radius 2 is 0.978 bits per heavy atom. The van der Waals surface area contributed by atoms with Crippen LogP contribution in [0.3, 0.4) is 0 Å². The van der Waals surface area contributed by atoms with Crippen LogP contribution in [0.25, 0.3) is 21.8 Å². The Bertz CT molecular complexity index is 1750. The van der Waals surface area contributed by atoms with Gasteiger partial charge in [0.05, 0.1) is 43.3 Å². The van der Waals surface area contributed by atoms with Gasteiger partial charge in [0.25, 0.3) is 0 Å². The maximum absolute atomic E-state index is 6.52. The van der Waals surface area contributed by atoms with E-state index in [0.29, 0.717) is 45.1 Å². The lowest BCUT2D eigenvalue weighted by Crippen LogP contribution is -2.07. The molecule has 5 aromatic rings. The lowest BCUT2D eigenvalue weighted by Gasteiger charge is -2.20. The number of rotatable bonds is 17. The second-order valence-corrected chi connectivity index (χ2v) is 11.9. The second kappa shape index (κ2) is 16.6. The number of fused-ring (bicyclic) bond motifs is 2. The molecule has 5 nitrogen and oxygen atoms in total. The molecule has 0 aliphatic rings. The van der Waals surface area contributed by atoms with Gasteiger partial charge >= 0.3 is 0 Å². The molecule has 1 heterocycles. The van der Waals surface area contributed by atoms with Crippen LogP contribution in [0.15, 0.2) is 72.8 Å². The molecular weight excluding hydrogens is 594 g/mol. The van der Waals surface area contributed by atoms with Gasteiger partial charge in [-0.3, -0.25) is 0 Å². The zero-order valence-corrected chi connectivity index (χ0v) is 28.4. The smallest absolute Gasteiger partial charge is 0.132 e. The maximum atomic E-state index is 6.52. The molecule has 46 heavy (non-hydrogen) atoms. The number of halogens is 1. The Hall–Kier alpha value is -3.96. The summed E-state index contributed by atoms with van der Waals surface area (Å²) in [7, 11) is 0. The number of para-hydroxylation sites is 2.